The van der Waals surface area contributed by atoms with Crippen LogP contribution in [0.15, 0.2) is 11.8 Å². The van der Waals surface area contributed by atoms with Crippen LogP contribution >= 0.6 is 0 Å². The Morgan fingerprint density at radius 2 is 1.87 bits per heavy atom. The first-order valence-electron chi connectivity index (χ1n) is 11.8. The van der Waals surface area contributed by atoms with Crippen molar-refractivity contribution in [1.29, 1.82) is 0 Å². The number of hydrogen-bond donors (Lipinski definition) is 1. The summed E-state index contributed by atoms with van der Waals surface area (Å²) in [6.45, 7) is 9.46. The molecule has 2 fully saturated rings. The first kappa shape index (κ1) is 23.5. The van der Waals surface area contributed by atoms with E-state index in [0.717, 1.165) is 32.4 Å². The van der Waals surface area contributed by atoms with Crippen LogP contribution in [0, 0.1) is 11.8 Å². The predicted molar refractivity (Wildman–Crippen MR) is 115 cm³/mol. The molecule has 3 aliphatic rings. The van der Waals surface area contributed by atoms with E-state index in [9.17, 15) is 4.79 Å². The number of hydrogen-bond acceptors (Lipinski definition) is 6. The van der Waals surface area contributed by atoms with Crippen molar-refractivity contribution in [3.05, 3.63) is 11.8 Å². The van der Waals surface area contributed by atoms with E-state index in [-0.39, 0.29) is 18.4 Å². The molecular formula is C23H40N2O5. The summed E-state index contributed by atoms with van der Waals surface area (Å²) in [6, 6.07) is 0.619. The first-order chi connectivity index (χ1) is 14.6. The van der Waals surface area contributed by atoms with Crippen LogP contribution in [-0.4, -0.2) is 85.8 Å². The van der Waals surface area contributed by atoms with Crippen LogP contribution in [0.25, 0.3) is 0 Å². The van der Waals surface area contributed by atoms with Gasteiger partial charge >= 0.3 is 0 Å². The highest BCUT2D eigenvalue weighted by Gasteiger charge is 2.34. The molecule has 30 heavy (non-hydrogen) atoms. The molecule has 2 unspecified atom stereocenters. The molecule has 3 heterocycles. The number of likely N-dealkylation sites (tertiary alicyclic amines) is 2. The highest BCUT2D eigenvalue weighted by atomic mass is 16.7. The largest absolute Gasteiger partial charge is 0.459 e. The summed E-state index contributed by atoms with van der Waals surface area (Å²) in [5, 5.41) is 8.78. The van der Waals surface area contributed by atoms with E-state index >= 15 is 0 Å². The van der Waals surface area contributed by atoms with E-state index in [4.69, 9.17) is 19.3 Å². The molecule has 0 aliphatic carbocycles. The molecule has 0 saturated carbocycles. The molecule has 0 spiro atoms. The maximum Gasteiger partial charge on any atom is 0.288 e. The van der Waals surface area contributed by atoms with Crippen LogP contribution in [0.1, 0.15) is 52.4 Å². The van der Waals surface area contributed by atoms with Gasteiger partial charge in [-0.3, -0.25) is 4.79 Å². The summed E-state index contributed by atoms with van der Waals surface area (Å²) in [6.07, 6.45) is 8.39. The highest BCUT2D eigenvalue weighted by molar-refractivity contribution is 5.91. The average molecular weight is 425 g/mol. The second kappa shape index (κ2) is 12.0. The molecule has 2 saturated heterocycles. The van der Waals surface area contributed by atoms with E-state index < -0.39 is 6.29 Å². The number of carbonyl (C=O) groups is 1. The highest BCUT2D eigenvalue weighted by Crippen LogP contribution is 2.30. The number of piperidine rings is 2. The van der Waals surface area contributed by atoms with Crippen molar-refractivity contribution in [1.82, 2.24) is 9.80 Å². The Balaban J connectivity index is 1.51. The molecule has 0 aromatic carbocycles. The van der Waals surface area contributed by atoms with Gasteiger partial charge < -0.3 is 29.1 Å². The summed E-state index contributed by atoms with van der Waals surface area (Å²) < 4.78 is 17.0. The topological polar surface area (TPSA) is 71.5 Å². The molecule has 0 bridgehead atoms. The molecule has 1 N–H and O–H groups in total. The first-order valence-corrected chi connectivity index (χ1v) is 11.8. The fourth-order valence-corrected chi connectivity index (χ4v) is 4.68. The Bertz CT molecular complexity index is 554. The van der Waals surface area contributed by atoms with Gasteiger partial charge in [0, 0.05) is 25.6 Å². The molecule has 7 heteroatoms. The number of nitrogens with zero attached hydrogens (tertiary/aromatic N) is 2. The molecule has 0 aromatic heterocycles. The van der Waals surface area contributed by atoms with Gasteiger partial charge in [0.05, 0.1) is 26.4 Å². The molecule has 3 aliphatic heterocycles. The van der Waals surface area contributed by atoms with Crippen LogP contribution in [0.2, 0.25) is 0 Å². The smallest absolute Gasteiger partial charge is 0.288 e. The summed E-state index contributed by atoms with van der Waals surface area (Å²) in [5.74, 6) is 1.12. The third-order valence-electron chi connectivity index (χ3n) is 6.58. The monoisotopic (exact) mass is 424 g/mol. The third kappa shape index (κ3) is 6.67. The van der Waals surface area contributed by atoms with Gasteiger partial charge in [0.25, 0.3) is 5.91 Å². The lowest BCUT2D eigenvalue weighted by molar-refractivity contribution is -0.161. The number of rotatable bonds is 9. The van der Waals surface area contributed by atoms with E-state index in [1.54, 1.807) is 0 Å². The summed E-state index contributed by atoms with van der Waals surface area (Å²) >= 11 is 0. The lowest BCUT2D eigenvalue weighted by atomic mass is 9.90. The minimum atomic E-state index is -0.426. The number of aliphatic hydroxyl groups is 1. The fourth-order valence-electron chi connectivity index (χ4n) is 4.68. The molecule has 7 nitrogen and oxygen atoms in total. The van der Waals surface area contributed by atoms with Crippen LogP contribution in [0.5, 0.6) is 0 Å². The quantitative estimate of drug-likeness (QED) is 0.573. The normalized spacial score (nSPS) is 26.5. The Kier molecular flexibility index (Phi) is 9.43. The molecule has 2 atom stereocenters. The zero-order chi connectivity index (χ0) is 21.3. The zero-order valence-electron chi connectivity index (χ0n) is 18.8. The van der Waals surface area contributed by atoms with Gasteiger partial charge in [-0.1, -0.05) is 20.3 Å². The molecular weight excluding hydrogens is 384 g/mol. The number of ether oxygens (including phenoxy) is 3. The number of amides is 1. The Labute approximate surface area is 181 Å². The predicted octanol–water partition coefficient (Wildman–Crippen LogP) is 2.39. The lowest BCUT2D eigenvalue weighted by Crippen LogP contribution is -2.49. The van der Waals surface area contributed by atoms with E-state index in [1.807, 2.05) is 11.0 Å². The van der Waals surface area contributed by atoms with Gasteiger partial charge in [0.2, 0.25) is 6.29 Å². The van der Waals surface area contributed by atoms with Crippen LogP contribution in [0.3, 0.4) is 0 Å². The van der Waals surface area contributed by atoms with Crippen molar-refractivity contribution in [3.63, 3.8) is 0 Å². The number of carbonyl (C=O) groups excluding carboxylic acids is 1. The molecule has 1 amide bonds. The lowest BCUT2D eigenvalue weighted by Gasteiger charge is -2.40. The number of allylic oxidation sites excluding steroid dienone is 1. The summed E-state index contributed by atoms with van der Waals surface area (Å²) in [4.78, 5) is 17.8. The minimum Gasteiger partial charge on any atom is -0.459 e. The van der Waals surface area contributed by atoms with E-state index in [0.29, 0.717) is 37.5 Å². The van der Waals surface area contributed by atoms with Crippen molar-refractivity contribution in [3.8, 4) is 0 Å². The molecule has 0 aromatic rings. The Morgan fingerprint density at radius 3 is 2.53 bits per heavy atom. The van der Waals surface area contributed by atoms with Crippen molar-refractivity contribution >= 4 is 5.91 Å². The second-order valence-electron chi connectivity index (χ2n) is 9.05. The Hall–Kier alpha value is -1.15. The van der Waals surface area contributed by atoms with Gasteiger partial charge in [0.15, 0.2) is 5.76 Å². The average Bonchev–Trinajstić information content (AvgIpc) is 2.79. The molecule has 172 valence electrons. The van der Waals surface area contributed by atoms with Crippen molar-refractivity contribution in [2.24, 2.45) is 11.8 Å². The van der Waals surface area contributed by atoms with Gasteiger partial charge in [-0.15, -0.1) is 0 Å². The maximum absolute atomic E-state index is 13.2. The molecule has 0 radical (unpaired) electrons. The van der Waals surface area contributed by atoms with Gasteiger partial charge in [-0.2, -0.15) is 0 Å². The summed E-state index contributed by atoms with van der Waals surface area (Å²) in [7, 11) is 0. The van der Waals surface area contributed by atoms with Gasteiger partial charge in [0.1, 0.15) is 0 Å². The van der Waals surface area contributed by atoms with Gasteiger partial charge in [-0.05, 0) is 56.7 Å². The maximum atomic E-state index is 13.2. The third-order valence-corrected chi connectivity index (χ3v) is 6.58. The molecule has 3 rings (SSSR count). The zero-order valence-corrected chi connectivity index (χ0v) is 18.8. The minimum absolute atomic E-state index is 0.00238. The van der Waals surface area contributed by atoms with Crippen molar-refractivity contribution < 1.29 is 24.1 Å². The van der Waals surface area contributed by atoms with E-state index in [2.05, 4.69) is 18.7 Å². The van der Waals surface area contributed by atoms with E-state index in [1.165, 1.54) is 32.4 Å². The van der Waals surface area contributed by atoms with Crippen LogP contribution in [-0.2, 0) is 19.0 Å². The standard InChI is InChI=1S/C23H40N2O5/c1-18(2)19-16-21(30-22(17-19)29-15-14-28-13-12-26)23(27)25-10-6-20(7-11-25)24-8-4-3-5-9-24/h16,18-20,22,26H,3-15,17H2,1-2H3. The Morgan fingerprint density at radius 1 is 1.13 bits per heavy atom. The second-order valence-corrected chi connectivity index (χ2v) is 9.05. The van der Waals surface area contributed by atoms with Crippen molar-refractivity contribution in [2.45, 2.75) is 64.7 Å². The fraction of sp³-hybridized carbons (Fsp3) is 0.870. The van der Waals surface area contributed by atoms with Crippen LogP contribution in [0.4, 0.5) is 0 Å². The van der Waals surface area contributed by atoms with Crippen LogP contribution < -0.4 is 0 Å². The number of aliphatic hydroxyl groups excluding tert-OH is 1. The summed E-state index contributed by atoms with van der Waals surface area (Å²) in [5.41, 5.74) is 0. The van der Waals surface area contributed by atoms with Crippen molar-refractivity contribution in [2.75, 3.05) is 52.6 Å². The SMILES string of the molecule is CC(C)C1C=C(C(=O)N2CCC(N3CCCCC3)CC2)OC(OCCOCCO)C1. The van der Waals surface area contributed by atoms with Gasteiger partial charge in [-0.25, -0.2) is 0 Å².